The smallest absolute Gasteiger partial charge is 0.137 e. The van der Waals surface area contributed by atoms with Crippen molar-refractivity contribution >= 4 is 21.6 Å². The molecule has 0 saturated carbocycles. The van der Waals surface area contributed by atoms with Gasteiger partial charge < -0.3 is 14.2 Å². The van der Waals surface area contributed by atoms with Gasteiger partial charge in [-0.1, -0.05) is 0 Å². The normalized spacial score (nSPS) is 18.5. The highest BCUT2D eigenvalue weighted by molar-refractivity contribution is 9.10. The number of aliphatic hydroxyl groups excluding tert-OH is 1. The Kier molecular flexibility index (Phi) is 4.31. The molecule has 1 saturated heterocycles. The molecule has 0 aromatic carbocycles. The first-order chi connectivity index (χ1) is 10.1. The second-order valence-electron chi connectivity index (χ2n) is 5.70. The Balaban J connectivity index is 1.80. The zero-order chi connectivity index (χ0) is 14.9. The van der Waals surface area contributed by atoms with Crippen molar-refractivity contribution in [2.75, 3.05) is 26.9 Å². The summed E-state index contributed by atoms with van der Waals surface area (Å²) in [7, 11) is 2.06. The number of likely N-dealkylation sites (N-methyl/N-ethyl adjacent to an activating group) is 1. The van der Waals surface area contributed by atoms with Crippen molar-refractivity contribution < 1.29 is 9.84 Å². The second-order valence-corrected chi connectivity index (χ2v) is 6.61. The summed E-state index contributed by atoms with van der Waals surface area (Å²) < 4.78 is 8.47. The van der Waals surface area contributed by atoms with Crippen LogP contribution >= 0.6 is 15.9 Å². The molecule has 0 radical (unpaired) electrons. The number of rotatable bonds is 4. The van der Waals surface area contributed by atoms with Gasteiger partial charge in [-0.3, -0.25) is 4.90 Å². The molecule has 1 N–H and O–H groups in total. The van der Waals surface area contributed by atoms with Gasteiger partial charge in [0.1, 0.15) is 5.65 Å². The number of hydrogen-bond acceptors (Lipinski definition) is 4. The molecule has 0 unspecified atom stereocenters. The highest BCUT2D eigenvalue weighted by atomic mass is 79.9. The van der Waals surface area contributed by atoms with Crippen LogP contribution < -0.4 is 0 Å². The average Bonchev–Trinajstić information content (AvgIpc) is 2.89. The van der Waals surface area contributed by atoms with Gasteiger partial charge in [-0.25, -0.2) is 4.98 Å². The van der Waals surface area contributed by atoms with Crippen LogP contribution in [0.3, 0.4) is 0 Å². The maximum absolute atomic E-state index is 9.84. The van der Waals surface area contributed by atoms with Crippen molar-refractivity contribution in [2.45, 2.75) is 24.9 Å². The first-order valence-electron chi connectivity index (χ1n) is 7.16. The summed E-state index contributed by atoms with van der Waals surface area (Å²) >= 11 is 3.47. The van der Waals surface area contributed by atoms with Gasteiger partial charge in [0.05, 0.1) is 12.3 Å². The zero-order valence-corrected chi connectivity index (χ0v) is 13.7. The fourth-order valence-electron chi connectivity index (χ4n) is 2.92. The number of imidazole rings is 1. The molecule has 1 aliphatic heterocycles. The molecule has 0 aliphatic carbocycles. The van der Waals surface area contributed by atoms with E-state index in [1.54, 1.807) is 0 Å². The van der Waals surface area contributed by atoms with Gasteiger partial charge in [0.15, 0.2) is 0 Å². The third kappa shape index (κ3) is 2.99. The summed E-state index contributed by atoms with van der Waals surface area (Å²) in [6.45, 7) is 2.30. The molecule has 0 atom stereocenters. The number of hydrogen-bond donors (Lipinski definition) is 1. The standard InChI is InChI=1S/C15H20BrN3O2/c1-18(15(11-20)4-6-21-7-5-15)9-13-10-19-8-12(16)2-3-14(19)17-13/h2-3,8,10,20H,4-7,9,11H2,1H3. The molecule has 1 aliphatic rings. The maximum Gasteiger partial charge on any atom is 0.137 e. The van der Waals surface area contributed by atoms with Gasteiger partial charge in [0, 0.05) is 42.2 Å². The summed E-state index contributed by atoms with van der Waals surface area (Å²) in [5.41, 5.74) is 1.76. The largest absolute Gasteiger partial charge is 0.394 e. The molecular formula is C15H20BrN3O2. The molecule has 1 fully saturated rings. The first kappa shape index (κ1) is 15.0. The Morgan fingerprint density at radius 3 is 2.86 bits per heavy atom. The van der Waals surface area contributed by atoms with E-state index in [4.69, 9.17) is 4.74 Å². The number of aliphatic hydroxyl groups is 1. The molecule has 3 rings (SSSR count). The fourth-order valence-corrected chi connectivity index (χ4v) is 3.27. The lowest BCUT2D eigenvalue weighted by Gasteiger charge is -2.43. The minimum absolute atomic E-state index is 0.159. The molecule has 6 heteroatoms. The molecular weight excluding hydrogens is 334 g/mol. The van der Waals surface area contributed by atoms with E-state index in [-0.39, 0.29) is 12.1 Å². The first-order valence-corrected chi connectivity index (χ1v) is 7.95. The van der Waals surface area contributed by atoms with Crippen LogP contribution in [0.25, 0.3) is 5.65 Å². The van der Waals surface area contributed by atoms with Crippen molar-refractivity contribution in [3.05, 3.63) is 34.7 Å². The molecule has 2 aromatic heterocycles. The van der Waals surface area contributed by atoms with Crippen molar-refractivity contribution in [3.8, 4) is 0 Å². The van der Waals surface area contributed by atoms with Crippen LogP contribution in [0.1, 0.15) is 18.5 Å². The van der Waals surface area contributed by atoms with E-state index >= 15 is 0 Å². The van der Waals surface area contributed by atoms with Crippen LogP contribution in [0, 0.1) is 0 Å². The van der Waals surface area contributed by atoms with Gasteiger partial charge in [0.25, 0.3) is 0 Å². The van der Waals surface area contributed by atoms with E-state index in [1.165, 1.54) is 0 Å². The van der Waals surface area contributed by atoms with Crippen LogP contribution in [0.2, 0.25) is 0 Å². The second kappa shape index (κ2) is 6.04. The molecule has 2 aromatic rings. The Bertz CT molecular complexity index is 622. The average molecular weight is 354 g/mol. The topological polar surface area (TPSA) is 50.0 Å². The van der Waals surface area contributed by atoms with E-state index in [1.807, 2.05) is 28.9 Å². The predicted molar refractivity (Wildman–Crippen MR) is 84.2 cm³/mol. The summed E-state index contributed by atoms with van der Waals surface area (Å²) in [4.78, 5) is 6.86. The molecule has 0 spiro atoms. The molecule has 0 amide bonds. The number of pyridine rings is 1. The fraction of sp³-hybridized carbons (Fsp3) is 0.533. The summed E-state index contributed by atoms with van der Waals surface area (Å²) in [5, 5.41) is 9.84. The van der Waals surface area contributed by atoms with Crippen molar-refractivity contribution in [3.63, 3.8) is 0 Å². The number of aromatic nitrogens is 2. The van der Waals surface area contributed by atoms with Crippen LogP contribution in [-0.4, -0.2) is 51.8 Å². The van der Waals surface area contributed by atoms with Gasteiger partial charge >= 0.3 is 0 Å². The summed E-state index contributed by atoms with van der Waals surface area (Å²) in [6, 6.07) is 3.98. The Labute approximate surface area is 132 Å². The van der Waals surface area contributed by atoms with E-state index in [9.17, 15) is 5.11 Å². The van der Waals surface area contributed by atoms with Crippen LogP contribution in [0.15, 0.2) is 29.0 Å². The van der Waals surface area contributed by atoms with Gasteiger partial charge in [0.2, 0.25) is 0 Å². The molecule has 3 heterocycles. The molecule has 21 heavy (non-hydrogen) atoms. The number of nitrogens with zero attached hydrogens (tertiary/aromatic N) is 3. The van der Waals surface area contributed by atoms with Crippen LogP contribution in [0.4, 0.5) is 0 Å². The van der Waals surface area contributed by atoms with Crippen LogP contribution in [-0.2, 0) is 11.3 Å². The van der Waals surface area contributed by atoms with Gasteiger partial charge in [-0.15, -0.1) is 0 Å². The minimum Gasteiger partial charge on any atom is -0.394 e. The molecule has 0 bridgehead atoms. The van der Waals surface area contributed by atoms with Gasteiger partial charge in [-0.2, -0.15) is 0 Å². The van der Waals surface area contributed by atoms with Crippen molar-refractivity contribution in [1.82, 2.24) is 14.3 Å². The SMILES string of the molecule is CN(Cc1cn2cc(Br)ccc2n1)C1(CO)CCOCC1. The Morgan fingerprint density at radius 1 is 1.38 bits per heavy atom. The number of ether oxygens (including phenoxy) is 1. The third-order valence-corrected chi connectivity index (χ3v) is 4.86. The minimum atomic E-state index is -0.186. The predicted octanol–water partition coefficient (Wildman–Crippen LogP) is 2.07. The van der Waals surface area contributed by atoms with Crippen molar-refractivity contribution in [2.24, 2.45) is 0 Å². The highest BCUT2D eigenvalue weighted by Crippen LogP contribution is 2.27. The molecule has 114 valence electrons. The van der Waals surface area contributed by atoms with Crippen molar-refractivity contribution in [1.29, 1.82) is 0 Å². The van der Waals surface area contributed by atoms with E-state index in [0.717, 1.165) is 35.2 Å². The number of halogens is 1. The number of fused-ring (bicyclic) bond motifs is 1. The van der Waals surface area contributed by atoms with E-state index < -0.39 is 0 Å². The lowest BCUT2D eigenvalue weighted by atomic mass is 9.89. The Hall–Kier alpha value is -0.950. The van der Waals surface area contributed by atoms with E-state index in [2.05, 4.69) is 32.9 Å². The van der Waals surface area contributed by atoms with Gasteiger partial charge in [-0.05, 0) is 48.0 Å². The lowest BCUT2D eigenvalue weighted by Crippen LogP contribution is -2.52. The summed E-state index contributed by atoms with van der Waals surface area (Å²) in [6.07, 6.45) is 5.76. The quantitative estimate of drug-likeness (QED) is 0.913. The van der Waals surface area contributed by atoms with E-state index in [0.29, 0.717) is 13.2 Å². The lowest BCUT2D eigenvalue weighted by molar-refractivity contribution is -0.0496. The van der Waals surface area contributed by atoms with Crippen LogP contribution in [0.5, 0.6) is 0 Å². The highest BCUT2D eigenvalue weighted by Gasteiger charge is 2.36. The maximum atomic E-state index is 9.84. The summed E-state index contributed by atoms with van der Waals surface area (Å²) in [5.74, 6) is 0. The molecule has 5 nitrogen and oxygen atoms in total. The zero-order valence-electron chi connectivity index (χ0n) is 12.1. The third-order valence-electron chi connectivity index (χ3n) is 4.39. The Morgan fingerprint density at radius 2 is 2.14 bits per heavy atom. The monoisotopic (exact) mass is 353 g/mol.